The normalized spacial score (nSPS) is 11.1. The zero-order chi connectivity index (χ0) is 29.1. The molecule has 0 aliphatic carbocycles. The molecule has 0 aromatic carbocycles. The molecule has 236 valence electrons. The topological polar surface area (TPSA) is 81.0 Å². The maximum Gasteiger partial charge on any atom is 0.303 e. The number of hydrogen-bond donors (Lipinski definition) is 3. The molecule has 0 amide bonds. The summed E-state index contributed by atoms with van der Waals surface area (Å²) in [4.78, 5) is 12.5. The highest BCUT2D eigenvalue weighted by Crippen LogP contribution is 2.14. The standard InChI is InChI=1S/C18H36O2.C16H35NO2/c1-2-3-4-5-6-7-8-9-10-11-12-13-14-15-16-17-18(19)20;1-2-3-4-5-6-7-8-9-10-11-12-17(13-15-18)14-16-19/h2-17H2,1H3,(H,19,20);18-19H,2-16H2,1H3. The summed E-state index contributed by atoms with van der Waals surface area (Å²) < 4.78 is 0. The van der Waals surface area contributed by atoms with Gasteiger partial charge >= 0.3 is 5.97 Å². The molecule has 0 unspecified atom stereocenters. The van der Waals surface area contributed by atoms with Crippen molar-refractivity contribution < 1.29 is 20.1 Å². The molecule has 0 rings (SSSR count). The molecule has 0 radical (unpaired) electrons. The van der Waals surface area contributed by atoms with Gasteiger partial charge in [0.25, 0.3) is 0 Å². The van der Waals surface area contributed by atoms with E-state index in [4.69, 9.17) is 15.3 Å². The Labute approximate surface area is 244 Å². The number of rotatable bonds is 31. The van der Waals surface area contributed by atoms with Gasteiger partial charge in [0.2, 0.25) is 0 Å². The lowest BCUT2D eigenvalue weighted by molar-refractivity contribution is -0.137. The van der Waals surface area contributed by atoms with Crippen LogP contribution < -0.4 is 0 Å². The maximum atomic E-state index is 10.3. The first-order valence-corrected chi connectivity index (χ1v) is 17.3. The van der Waals surface area contributed by atoms with Gasteiger partial charge in [0.15, 0.2) is 0 Å². The molecule has 0 saturated heterocycles. The summed E-state index contributed by atoms with van der Waals surface area (Å²) in [5.74, 6) is -0.653. The predicted molar refractivity (Wildman–Crippen MR) is 170 cm³/mol. The number of carbonyl (C=O) groups is 1. The van der Waals surface area contributed by atoms with Crippen LogP contribution in [0.5, 0.6) is 0 Å². The second kappa shape index (κ2) is 37.4. The van der Waals surface area contributed by atoms with Crippen LogP contribution >= 0.6 is 0 Å². The van der Waals surface area contributed by atoms with E-state index in [0.717, 1.165) is 19.4 Å². The fourth-order valence-corrected chi connectivity index (χ4v) is 5.09. The van der Waals surface area contributed by atoms with Crippen LogP contribution in [0.25, 0.3) is 0 Å². The van der Waals surface area contributed by atoms with Crippen molar-refractivity contribution in [3.05, 3.63) is 0 Å². The van der Waals surface area contributed by atoms with Gasteiger partial charge in [-0.2, -0.15) is 0 Å². The Balaban J connectivity index is 0. The third-order valence-electron chi connectivity index (χ3n) is 7.65. The number of unbranched alkanes of at least 4 members (excludes halogenated alkanes) is 23. The lowest BCUT2D eigenvalue weighted by Crippen LogP contribution is -2.30. The average Bonchev–Trinajstić information content (AvgIpc) is 2.92. The SMILES string of the molecule is CCCCCCCCCCCCCCCCCC(=O)O.CCCCCCCCCCCCN(CCO)CCO. The Morgan fingerprint density at radius 3 is 1.00 bits per heavy atom. The van der Waals surface area contributed by atoms with Crippen molar-refractivity contribution >= 4 is 5.97 Å². The molecule has 0 saturated carbocycles. The fraction of sp³-hybridized carbons (Fsp3) is 0.971. The van der Waals surface area contributed by atoms with Crippen LogP contribution in [0.2, 0.25) is 0 Å². The number of hydrogen-bond acceptors (Lipinski definition) is 4. The largest absolute Gasteiger partial charge is 0.481 e. The first kappa shape index (κ1) is 40.5. The minimum absolute atomic E-state index is 0.192. The smallest absolute Gasteiger partial charge is 0.303 e. The summed E-state index contributed by atoms with van der Waals surface area (Å²) in [5.41, 5.74) is 0. The quantitative estimate of drug-likeness (QED) is 0.0739. The zero-order valence-corrected chi connectivity index (χ0v) is 26.6. The van der Waals surface area contributed by atoms with Crippen molar-refractivity contribution in [1.82, 2.24) is 4.90 Å². The molecule has 0 aliphatic heterocycles. The van der Waals surface area contributed by atoms with Gasteiger partial charge in [-0.05, 0) is 19.4 Å². The number of aliphatic carboxylic acids is 1. The number of nitrogens with zero attached hydrogens (tertiary/aromatic N) is 1. The van der Waals surface area contributed by atoms with E-state index in [1.807, 2.05) is 0 Å². The number of carboxylic acid groups (broad SMARTS) is 1. The highest BCUT2D eigenvalue weighted by Gasteiger charge is 2.02. The van der Waals surface area contributed by atoms with E-state index in [2.05, 4.69) is 18.7 Å². The minimum atomic E-state index is -0.653. The van der Waals surface area contributed by atoms with Crippen molar-refractivity contribution in [3.8, 4) is 0 Å². The molecule has 3 N–H and O–H groups in total. The molecule has 0 heterocycles. The Hall–Kier alpha value is -0.650. The van der Waals surface area contributed by atoms with Crippen LogP contribution in [-0.4, -0.2) is 59.0 Å². The van der Waals surface area contributed by atoms with Crippen LogP contribution in [-0.2, 0) is 4.79 Å². The highest BCUT2D eigenvalue weighted by molar-refractivity contribution is 5.66. The molecule has 0 fully saturated rings. The third-order valence-corrected chi connectivity index (χ3v) is 7.65. The molecule has 5 nitrogen and oxygen atoms in total. The average molecular weight is 558 g/mol. The van der Waals surface area contributed by atoms with Crippen molar-refractivity contribution in [2.75, 3.05) is 32.8 Å². The van der Waals surface area contributed by atoms with E-state index >= 15 is 0 Å². The van der Waals surface area contributed by atoms with E-state index in [1.165, 1.54) is 148 Å². The summed E-state index contributed by atoms with van der Waals surface area (Å²) >= 11 is 0. The first-order valence-electron chi connectivity index (χ1n) is 17.3. The molecular weight excluding hydrogens is 486 g/mol. The number of aliphatic hydroxyl groups excluding tert-OH is 2. The molecule has 0 aromatic rings. The van der Waals surface area contributed by atoms with Crippen LogP contribution in [0.1, 0.15) is 181 Å². The minimum Gasteiger partial charge on any atom is -0.481 e. The summed E-state index contributed by atoms with van der Waals surface area (Å²) in [7, 11) is 0. The second-order valence-electron chi connectivity index (χ2n) is 11.6. The molecule has 0 atom stereocenters. The van der Waals surface area contributed by atoms with E-state index in [-0.39, 0.29) is 13.2 Å². The monoisotopic (exact) mass is 558 g/mol. The van der Waals surface area contributed by atoms with Crippen LogP contribution in [0.3, 0.4) is 0 Å². The van der Waals surface area contributed by atoms with Gasteiger partial charge in [-0.3, -0.25) is 9.69 Å². The lowest BCUT2D eigenvalue weighted by Gasteiger charge is -2.19. The molecular formula is C34H71NO4. The first-order chi connectivity index (χ1) is 19.1. The Morgan fingerprint density at radius 1 is 0.436 bits per heavy atom. The molecule has 5 heteroatoms. The van der Waals surface area contributed by atoms with Crippen LogP contribution in [0, 0.1) is 0 Å². The lowest BCUT2D eigenvalue weighted by atomic mass is 10.0. The fourth-order valence-electron chi connectivity index (χ4n) is 5.09. The Morgan fingerprint density at radius 2 is 0.718 bits per heavy atom. The van der Waals surface area contributed by atoms with Gasteiger partial charge in [0.1, 0.15) is 0 Å². The number of carboxylic acids is 1. The molecule has 0 bridgehead atoms. The van der Waals surface area contributed by atoms with Crippen molar-refractivity contribution in [3.63, 3.8) is 0 Å². The third kappa shape index (κ3) is 39.6. The van der Waals surface area contributed by atoms with Crippen molar-refractivity contribution in [1.29, 1.82) is 0 Å². The van der Waals surface area contributed by atoms with E-state index in [0.29, 0.717) is 19.5 Å². The summed E-state index contributed by atoms with van der Waals surface area (Å²) in [6.07, 6.45) is 33.7. The van der Waals surface area contributed by atoms with Crippen molar-refractivity contribution in [2.24, 2.45) is 0 Å². The highest BCUT2D eigenvalue weighted by atomic mass is 16.4. The van der Waals surface area contributed by atoms with Crippen LogP contribution in [0.4, 0.5) is 0 Å². The van der Waals surface area contributed by atoms with E-state index in [9.17, 15) is 4.79 Å². The van der Waals surface area contributed by atoms with Gasteiger partial charge in [-0.1, -0.05) is 162 Å². The molecule has 0 aliphatic rings. The maximum absolute atomic E-state index is 10.3. The number of aliphatic hydroxyl groups is 2. The summed E-state index contributed by atoms with van der Waals surface area (Å²) in [5, 5.41) is 26.3. The summed E-state index contributed by atoms with van der Waals surface area (Å²) in [6, 6.07) is 0. The zero-order valence-electron chi connectivity index (χ0n) is 26.6. The second-order valence-corrected chi connectivity index (χ2v) is 11.6. The molecule has 39 heavy (non-hydrogen) atoms. The Bertz CT molecular complexity index is 441. The van der Waals surface area contributed by atoms with Gasteiger partial charge in [0.05, 0.1) is 13.2 Å². The van der Waals surface area contributed by atoms with Crippen LogP contribution in [0.15, 0.2) is 0 Å². The van der Waals surface area contributed by atoms with Gasteiger partial charge in [-0.15, -0.1) is 0 Å². The van der Waals surface area contributed by atoms with Crippen molar-refractivity contribution in [2.45, 2.75) is 181 Å². The van der Waals surface area contributed by atoms with Gasteiger partial charge in [-0.25, -0.2) is 0 Å². The van der Waals surface area contributed by atoms with E-state index < -0.39 is 5.97 Å². The Kier molecular flexibility index (Phi) is 38.8. The van der Waals surface area contributed by atoms with E-state index in [1.54, 1.807) is 0 Å². The molecule has 0 aromatic heterocycles. The van der Waals surface area contributed by atoms with Gasteiger partial charge < -0.3 is 15.3 Å². The summed E-state index contributed by atoms with van der Waals surface area (Å²) in [6.45, 7) is 7.31. The predicted octanol–water partition coefficient (Wildman–Crippen LogP) is 9.53. The van der Waals surface area contributed by atoms with Gasteiger partial charge in [0, 0.05) is 19.5 Å². The molecule has 0 spiro atoms.